The number of nitrogens with one attached hydrogen (secondary N) is 2. The Balaban J connectivity index is 1.46. The van der Waals surface area contributed by atoms with Crippen molar-refractivity contribution in [3.63, 3.8) is 0 Å². The zero-order valence-corrected chi connectivity index (χ0v) is 17.6. The lowest BCUT2D eigenvalue weighted by atomic mass is 10.1. The summed E-state index contributed by atoms with van der Waals surface area (Å²) in [5.41, 5.74) is 0. The van der Waals surface area contributed by atoms with E-state index in [0.29, 0.717) is 12.6 Å². The Bertz CT molecular complexity index is 608. The zero-order valence-electron chi connectivity index (χ0n) is 17.6. The minimum Gasteiger partial charge on any atom is -0.377 e. The van der Waals surface area contributed by atoms with Crippen LogP contribution in [0.25, 0.3) is 0 Å². The van der Waals surface area contributed by atoms with Gasteiger partial charge in [-0.05, 0) is 52.2 Å². The number of ether oxygens (including phenoxy) is 1. The van der Waals surface area contributed by atoms with Gasteiger partial charge < -0.3 is 20.3 Å². The molecule has 0 aromatic carbocycles. The Morgan fingerprint density at radius 1 is 1.25 bits per heavy atom. The topological polar surface area (TPSA) is 79.6 Å². The van der Waals surface area contributed by atoms with E-state index in [-0.39, 0.29) is 0 Å². The fourth-order valence-electron chi connectivity index (χ4n) is 4.03. The molecule has 8 heteroatoms. The summed E-state index contributed by atoms with van der Waals surface area (Å²) in [5, 5.41) is 11.5. The molecule has 3 rings (SSSR count). The van der Waals surface area contributed by atoms with Crippen molar-refractivity contribution in [1.29, 1.82) is 0 Å². The number of nitrogens with zero attached hydrogens (tertiary/aromatic N) is 5. The van der Waals surface area contributed by atoms with Gasteiger partial charge in [0, 0.05) is 32.7 Å². The van der Waals surface area contributed by atoms with E-state index in [9.17, 15) is 0 Å². The number of aliphatic imine (C=N–C) groups is 1. The van der Waals surface area contributed by atoms with Crippen LogP contribution in [0.4, 0.5) is 0 Å². The van der Waals surface area contributed by atoms with Crippen molar-refractivity contribution in [2.45, 2.75) is 71.1 Å². The zero-order chi connectivity index (χ0) is 19.6. The molecule has 1 fully saturated rings. The monoisotopic (exact) mass is 391 g/mol. The SMILES string of the molecule is CCNC(=NCCCN1CCCCCC1)NC1CCc2nc(COC)nn2C1. The highest BCUT2D eigenvalue weighted by molar-refractivity contribution is 5.80. The molecule has 1 atom stereocenters. The maximum atomic E-state index is 5.15. The first-order valence-electron chi connectivity index (χ1n) is 11.0. The minimum atomic E-state index is 0.327. The molecular weight excluding hydrogens is 354 g/mol. The molecule has 0 amide bonds. The fourth-order valence-corrected chi connectivity index (χ4v) is 4.03. The van der Waals surface area contributed by atoms with Crippen molar-refractivity contribution in [3.05, 3.63) is 11.6 Å². The van der Waals surface area contributed by atoms with Crippen molar-refractivity contribution in [2.75, 3.05) is 39.8 Å². The third-order valence-corrected chi connectivity index (χ3v) is 5.46. The van der Waals surface area contributed by atoms with Gasteiger partial charge in [0.05, 0.1) is 6.54 Å². The summed E-state index contributed by atoms with van der Waals surface area (Å²) in [4.78, 5) is 12.0. The Labute approximate surface area is 169 Å². The van der Waals surface area contributed by atoms with Gasteiger partial charge in [0.1, 0.15) is 12.4 Å². The number of likely N-dealkylation sites (tertiary alicyclic amines) is 1. The van der Waals surface area contributed by atoms with Crippen LogP contribution in [0.15, 0.2) is 4.99 Å². The number of fused-ring (bicyclic) bond motifs is 1. The van der Waals surface area contributed by atoms with E-state index >= 15 is 0 Å². The van der Waals surface area contributed by atoms with Crippen LogP contribution in [0.5, 0.6) is 0 Å². The molecule has 1 unspecified atom stereocenters. The highest BCUT2D eigenvalue weighted by Crippen LogP contribution is 2.13. The average molecular weight is 392 g/mol. The maximum Gasteiger partial charge on any atom is 0.191 e. The van der Waals surface area contributed by atoms with Crippen molar-refractivity contribution in [3.8, 4) is 0 Å². The summed E-state index contributed by atoms with van der Waals surface area (Å²) in [5.74, 6) is 2.75. The van der Waals surface area contributed by atoms with Gasteiger partial charge >= 0.3 is 0 Å². The van der Waals surface area contributed by atoms with E-state index in [1.807, 2.05) is 4.68 Å². The summed E-state index contributed by atoms with van der Waals surface area (Å²) < 4.78 is 7.16. The number of rotatable bonds is 8. The van der Waals surface area contributed by atoms with Crippen LogP contribution in [-0.2, 0) is 24.3 Å². The van der Waals surface area contributed by atoms with Crippen LogP contribution in [0.3, 0.4) is 0 Å². The number of methoxy groups -OCH3 is 1. The maximum absolute atomic E-state index is 5.15. The Morgan fingerprint density at radius 3 is 2.82 bits per heavy atom. The molecule has 1 aromatic rings. The molecule has 0 bridgehead atoms. The average Bonchev–Trinajstić information content (AvgIpc) is 2.90. The van der Waals surface area contributed by atoms with Crippen molar-refractivity contribution in [1.82, 2.24) is 30.3 Å². The predicted molar refractivity (Wildman–Crippen MR) is 111 cm³/mol. The number of hydrogen-bond donors (Lipinski definition) is 2. The van der Waals surface area contributed by atoms with E-state index in [1.54, 1.807) is 7.11 Å². The van der Waals surface area contributed by atoms with Crippen LogP contribution in [0.2, 0.25) is 0 Å². The molecule has 158 valence electrons. The number of aromatic nitrogens is 3. The molecule has 28 heavy (non-hydrogen) atoms. The molecule has 2 aliphatic rings. The summed E-state index contributed by atoms with van der Waals surface area (Å²) in [6.07, 6.45) is 8.59. The first-order valence-corrected chi connectivity index (χ1v) is 11.0. The molecule has 3 heterocycles. The van der Waals surface area contributed by atoms with Crippen molar-refractivity contribution >= 4 is 5.96 Å². The smallest absolute Gasteiger partial charge is 0.191 e. The molecular formula is C20H37N7O. The lowest BCUT2D eigenvalue weighted by molar-refractivity contribution is 0.177. The fraction of sp³-hybridized carbons (Fsp3) is 0.850. The van der Waals surface area contributed by atoms with E-state index in [4.69, 9.17) is 9.73 Å². The van der Waals surface area contributed by atoms with Crippen molar-refractivity contribution in [2.24, 2.45) is 4.99 Å². The molecule has 1 aromatic heterocycles. The predicted octanol–water partition coefficient (Wildman–Crippen LogP) is 1.56. The Hall–Kier alpha value is -1.67. The summed E-state index contributed by atoms with van der Waals surface area (Å²) >= 11 is 0. The molecule has 0 radical (unpaired) electrons. The number of hydrogen-bond acceptors (Lipinski definition) is 5. The standard InChI is InChI=1S/C20H37N7O/c1-3-21-20(22-11-8-14-26-12-6-4-5-7-13-26)23-17-9-10-19-24-18(16-28-2)25-27(19)15-17/h17H,3-16H2,1-2H3,(H2,21,22,23). The van der Waals surface area contributed by atoms with E-state index in [2.05, 4.69) is 32.5 Å². The first-order chi connectivity index (χ1) is 13.8. The molecule has 0 saturated carbocycles. The van der Waals surface area contributed by atoms with E-state index < -0.39 is 0 Å². The number of guanidine groups is 1. The van der Waals surface area contributed by atoms with Crippen molar-refractivity contribution < 1.29 is 4.74 Å². The first kappa shape index (κ1) is 21.0. The van der Waals surface area contributed by atoms with E-state index in [1.165, 1.54) is 38.8 Å². The summed E-state index contributed by atoms with van der Waals surface area (Å²) in [6, 6.07) is 0.327. The quantitative estimate of drug-likeness (QED) is 0.398. The second kappa shape index (κ2) is 11.4. The third-order valence-electron chi connectivity index (χ3n) is 5.46. The van der Waals surface area contributed by atoms with Gasteiger partial charge in [-0.25, -0.2) is 9.67 Å². The number of aryl methyl sites for hydroxylation is 1. The molecule has 0 aliphatic carbocycles. The van der Waals surface area contributed by atoms with Gasteiger partial charge in [-0.2, -0.15) is 5.10 Å². The third kappa shape index (κ3) is 6.44. The highest BCUT2D eigenvalue weighted by atomic mass is 16.5. The molecule has 8 nitrogen and oxygen atoms in total. The van der Waals surface area contributed by atoms with E-state index in [0.717, 1.165) is 63.0 Å². The van der Waals surface area contributed by atoms with Crippen LogP contribution >= 0.6 is 0 Å². The lowest BCUT2D eigenvalue weighted by Crippen LogP contribution is -2.47. The second-order valence-electron chi connectivity index (χ2n) is 7.81. The molecule has 2 N–H and O–H groups in total. The molecule has 1 saturated heterocycles. The van der Waals surface area contributed by atoms with Crippen LogP contribution < -0.4 is 10.6 Å². The largest absolute Gasteiger partial charge is 0.377 e. The van der Waals surface area contributed by atoms with Gasteiger partial charge in [0.25, 0.3) is 0 Å². The van der Waals surface area contributed by atoms with Gasteiger partial charge in [0.15, 0.2) is 11.8 Å². The highest BCUT2D eigenvalue weighted by Gasteiger charge is 2.22. The van der Waals surface area contributed by atoms with Crippen LogP contribution in [0, 0.1) is 0 Å². The summed E-state index contributed by atoms with van der Waals surface area (Å²) in [7, 11) is 1.68. The van der Waals surface area contributed by atoms with Gasteiger partial charge in [0.2, 0.25) is 0 Å². The summed E-state index contributed by atoms with van der Waals surface area (Å²) in [6.45, 7) is 8.83. The Morgan fingerprint density at radius 2 is 2.07 bits per heavy atom. The normalized spacial score (nSPS) is 21.2. The molecule has 0 spiro atoms. The van der Waals surface area contributed by atoms with Gasteiger partial charge in [-0.15, -0.1) is 0 Å². The van der Waals surface area contributed by atoms with Crippen LogP contribution in [-0.4, -0.2) is 71.5 Å². The molecule has 2 aliphatic heterocycles. The minimum absolute atomic E-state index is 0.327. The second-order valence-corrected chi connectivity index (χ2v) is 7.81. The van der Waals surface area contributed by atoms with Gasteiger partial charge in [-0.3, -0.25) is 4.99 Å². The van der Waals surface area contributed by atoms with Crippen LogP contribution in [0.1, 0.15) is 57.1 Å². The lowest BCUT2D eigenvalue weighted by Gasteiger charge is -2.25. The van der Waals surface area contributed by atoms with Gasteiger partial charge in [-0.1, -0.05) is 12.8 Å². The Kier molecular flexibility index (Phi) is 8.54.